The van der Waals surface area contributed by atoms with Gasteiger partial charge in [-0.2, -0.15) is 0 Å². The van der Waals surface area contributed by atoms with Crippen LogP contribution in [0.15, 0.2) is 48.5 Å². The molecular formula is C17H17ClFNS. The van der Waals surface area contributed by atoms with Crippen molar-refractivity contribution < 1.29 is 4.39 Å². The highest BCUT2D eigenvalue weighted by Gasteiger charge is 2.27. The molecule has 1 heterocycles. The number of nitrogens with zero attached hydrogens (tertiary/aromatic N) is 1. The van der Waals surface area contributed by atoms with Gasteiger partial charge in [-0.15, -0.1) is 11.6 Å². The highest BCUT2D eigenvalue weighted by atomic mass is 35.5. The zero-order valence-corrected chi connectivity index (χ0v) is 13.2. The first-order valence-corrected chi connectivity index (χ1v) is 8.52. The van der Waals surface area contributed by atoms with E-state index in [1.165, 1.54) is 11.6 Å². The Kier molecular flexibility index (Phi) is 4.71. The minimum Gasteiger partial charge on any atom is -0.281 e. The van der Waals surface area contributed by atoms with Gasteiger partial charge in [0.1, 0.15) is 5.82 Å². The molecule has 1 aliphatic rings. The average Bonchev–Trinajstić information content (AvgIpc) is 2.52. The lowest BCUT2D eigenvalue weighted by atomic mass is 10.0. The van der Waals surface area contributed by atoms with Crippen LogP contribution in [-0.4, -0.2) is 11.1 Å². The monoisotopic (exact) mass is 321 g/mol. The maximum absolute atomic E-state index is 14.2. The summed E-state index contributed by atoms with van der Waals surface area (Å²) < 4.78 is 16.2. The van der Waals surface area contributed by atoms with Gasteiger partial charge in [0.15, 0.2) is 0 Å². The SMILES string of the molecule is Fc1ccccc1N1SC(CCCCl)Cc2ccccc21. The summed E-state index contributed by atoms with van der Waals surface area (Å²) >= 11 is 7.53. The number of alkyl halides is 1. The molecule has 0 aromatic heterocycles. The topological polar surface area (TPSA) is 3.24 Å². The smallest absolute Gasteiger partial charge is 0.147 e. The van der Waals surface area contributed by atoms with Crippen LogP contribution in [0.4, 0.5) is 15.8 Å². The summed E-state index contributed by atoms with van der Waals surface area (Å²) in [4.78, 5) is 0. The van der Waals surface area contributed by atoms with Crippen molar-refractivity contribution in [1.82, 2.24) is 0 Å². The lowest BCUT2D eigenvalue weighted by molar-refractivity contribution is 0.629. The second kappa shape index (κ2) is 6.71. The van der Waals surface area contributed by atoms with Crippen molar-refractivity contribution in [2.45, 2.75) is 24.5 Å². The first kappa shape index (κ1) is 14.7. The molecule has 4 heteroatoms. The second-order valence-electron chi connectivity index (χ2n) is 5.14. The second-order valence-corrected chi connectivity index (χ2v) is 6.76. The molecule has 0 spiro atoms. The number of benzene rings is 2. The van der Waals surface area contributed by atoms with E-state index in [1.807, 2.05) is 28.6 Å². The van der Waals surface area contributed by atoms with E-state index in [2.05, 4.69) is 12.1 Å². The van der Waals surface area contributed by atoms with Crippen LogP contribution < -0.4 is 4.31 Å². The van der Waals surface area contributed by atoms with Crippen molar-refractivity contribution in [3.63, 3.8) is 0 Å². The maximum atomic E-state index is 14.2. The molecule has 0 radical (unpaired) electrons. The fraction of sp³-hybridized carbons (Fsp3) is 0.294. The minimum absolute atomic E-state index is 0.183. The van der Waals surface area contributed by atoms with Crippen molar-refractivity contribution in [1.29, 1.82) is 0 Å². The van der Waals surface area contributed by atoms with Crippen LogP contribution in [0.25, 0.3) is 0 Å². The molecule has 0 saturated carbocycles. The third-order valence-electron chi connectivity index (χ3n) is 3.64. The molecule has 2 aromatic rings. The van der Waals surface area contributed by atoms with E-state index < -0.39 is 0 Å². The van der Waals surface area contributed by atoms with Gasteiger partial charge < -0.3 is 0 Å². The summed E-state index contributed by atoms with van der Waals surface area (Å²) in [6.45, 7) is 0. The Morgan fingerprint density at radius 3 is 2.57 bits per heavy atom. The third-order valence-corrected chi connectivity index (χ3v) is 5.22. The molecule has 0 saturated heterocycles. The zero-order chi connectivity index (χ0) is 14.7. The maximum Gasteiger partial charge on any atom is 0.147 e. The number of halogens is 2. The lowest BCUT2D eigenvalue weighted by Gasteiger charge is -2.35. The Morgan fingerprint density at radius 1 is 1.10 bits per heavy atom. The fourth-order valence-corrected chi connectivity index (χ4v) is 4.16. The number of fused-ring (bicyclic) bond motifs is 1. The predicted octanol–water partition coefficient (Wildman–Crippen LogP) is 5.56. The van der Waals surface area contributed by atoms with Crippen LogP contribution in [-0.2, 0) is 6.42 Å². The molecule has 0 bridgehead atoms. The minimum atomic E-state index is -0.183. The van der Waals surface area contributed by atoms with Crippen LogP contribution in [0.3, 0.4) is 0 Å². The van der Waals surface area contributed by atoms with E-state index >= 15 is 0 Å². The molecule has 1 aliphatic heterocycles. The van der Waals surface area contributed by atoms with Crippen LogP contribution >= 0.6 is 23.5 Å². The van der Waals surface area contributed by atoms with Gasteiger partial charge in [0.2, 0.25) is 0 Å². The number of hydrogen-bond donors (Lipinski definition) is 0. The molecule has 0 aliphatic carbocycles. The van der Waals surface area contributed by atoms with Gasteiger partial charge >= 0.3 is 0 Å². The lowest BCUT2D eigenvalue weighted by Crippen LogP contribution is -2.24. The average molecular weight is 322 g/mol. The molecule has 0 fully saturated rings. The third kappa shape index (κ3) is 3.19. The van der Waals surface area contributed by atoms with Crippen molar-refractivity contribution in [2.75, 3.05) is 10.2 Å². The van der Waals surface area contributed by atoms with E-state index in [4.69, 9.17) is 11.6 Å². The molecule has 1 atom stereocenters. The Bertz CT molecular complexity index is 619. The Balaban J connectivity index is 1.96. The van der Waals surface area contributed by atoms with Crippen LogP contribution in [0.5, 0.6) is 0 Å². The van der Waals surface area contributed by atoms with Gasteiger partial charge in [-0.1, -0.05) is 30.3 Å². The van der Waals surface area contributed by atoms with Crippen molar-refractivity contribution >= 4 is 34.9 Å². The van der Waals surface area contributed by atoms with Gasteiger partial charge in [0.25, 0.3) is 0 Å². The Morgan fingerprint density at radius 2 is 1.81 bits per heavy atom. The van der Waals surface area contributed by atoms with Crippen LogP contribution in [0, 0.1) is 5.82 Å². The summed E-state index contributed by atoms with van der Waals surface area (Å²) in [7, 11) is 0. The standard InChI is InChI=1S/C17H17ClFNS/c18-11-5-7-14-12-13-6-1-3-9-16(13)20(21-14)17-10-4-2-8-15(17)19/h1-4,6,8-10,14H,5,7,11-12H2. The quantitative estimate of drug-likeness (QED) is 0.536. The molecule has 0 amide bonds. The van der Waals surface area contributed by atoms with E-state index in [9.17, 15) is 4.39 Å². The first-order chi connectivity index (χ1) is 10.3. The van der Waals surface area contributed by atoms with Gasteiger partial charge in [0.05, 0.1) is 11.4 Å². The molecular weight excluding hydrogens is 305 g/mol. The summed E-state index contributed by atoms with van der Waals surface area (Å²) in [5, 5.41) is 0.443. The Hall–Kier alpha value is -1.19. The largest absolute Gasteiger partial charge is 0.281 e. The number of anilines is 2. The molecule has 3 rings (SSSR count). The van der Waals surface area contributed by atoms with Crippen LogP contribution in [0.1, 0.15) is 18.4 Å². The summed E-state index contributed by atoms with van der Waals surface area (Å²) in [5.74, 6) is 0.496. The summed E-state index contributed by atoms with van der Waals surface area (Å²) in [6, 6.07) is 15.2. The molecule has 0 N–H and O–H groups in total. The van der Waals surface area contributed by atoms with Gasteiger partial charge in [-0.05, 0) is 55.0 Å². The van der Waals surface area contributed by atoms with Crippen molar-refractivity contribution in [3.05, 3.63) is 59.9 Å². The molecule has 110 valence electrons. The summed E-state index contributed by atoms with van der Waals surface area (Å²) in [6.07, 6.45) is 3.06. The first-order valence-electron chi connectivity index (χ1n) is 7.15. The summed E-state index contributed by atoms with van der Waals surface area (Å²) in [5.41, 5.74) is 3.00. The normalized spacial score (nSPS) is 17.6. The van der Waals surface area contributed by atoms with Gasteiger partial charge in [-0.3, -0.25) is 4.31 Å². The molecule has 1 nitrogen and oxygen atoms in total. The van der Waals surface area contributed by atoms with Gasteiger partial charge in [-0.25, -0.2) is 4.39 Å². The van der Waals surface area contributed by atoms with E-state index in [0.29, 0.717) is 16.8 Å². The fourth-order valence-electron chi connectivity index (χ4n) is 2.63. The van der Waals surface area contributed by atoms with Crippen molar-refractivity contribution in [2.24, 2.45) is 0 Å². The van der Waals surface area contributed by atoms with E-state index in [1.54, 1.807) is 18.0 Å². The number of para-hydroxylation sites is 2. The molecule has 21 heavy (non-hydrogen) atoms. The van der Waals surface area contributed by atoms with Crippen molar-refractivity contribution in [3.8, 4) is 0 Å². The predicted molar refractivity (Wildman–Crippen MR) is 90.0 cm³/mol. The van der Waals surface area contributed by atoms with E-state index in [-0.39, 0.29) is 5.82 Å². The van der Waals surface area contributed by atoms with Gasteiger partial charge in [0, 0.05) is 11.1 Å². The zero-order valence-electron chi connectivity index (χ0n) is 11.6. The Labute approximate surface area is 134 Å². The molecule has 2 aromatic carbocycles. The number of hydrogen-bond acceptors (Lipinski definition) is 2. The number of rotatable bonds is 4. The highest BCUT2D eigenvalue weighted by molar-refractivity contribution is 8.01. The molecule has 1 unspecified atom stereocenters. The van der Waals surface area contributed by atoms with Crippen LogP contribution in [0.2, 0.25) is 0 Å². The highest BCUT2D eigenvalue weighted by Crippen LogP contribution is 2.44. The van der Waals surface area contributed by atoms with E-state index in [0.717, 1.165) is 24.9 Å².